The molecule has 0 spiro atoms. The summed E-state index contributed by atoms with van der Waals surface area (Å²) in [6.45, 7) is 0. The number of carbonyl (C=O) groups excluding carboxylic acids is 1. The predicted octanol–water partition coefficient (Wildman–Crippen LogP) is 1.68. The molecule has 0 aromatic heterocycles. The van der Waals surface area contributed by atoms with Crippen molar-refractivity contribution in [2.45, 2.75) is 12.5 Å². The number of ether oxygens (including phenoxy) is 1. The van der Waals surface area contributed by atoms with Gasteiger partial charge in [-0.1, -0.05) is 35.5 Å². The summed E-state index contributed by atoms with van der Waals surface area (Å²) < 4.78 is 4.57. The summed E-state index contributed by atoms with van der Waals surface area (Å²) in [5, 5.41) is 3.71. The third-order valence-electron chi connectivity index (χ3n) is 2.26. The number of esters is 1. The minimum Gasteiger partial charge on any atom is -0.464 e. The van der Waals surface area contributed by atoms with Gasteiger partial charge in [-0.2, -0.15) is 0 Å². The van der Waals surface area contributed by atoms with Crippen molar-refractivity contribution in [2.24, 2.45) is 5.16 Å². The van der Waals surface area contributed by atoms with E-state index >= 15 is 0 Å². The van der Waals surface area contributed by atoms with Crippen molar-refractivity contribution in [2.75, 3.05) is 7.11 Å². The van der Waals surface area contributed by atoms with Crippen LogP contribution in [0, 0.1) is 0 Å². The monoisotopic (exact) mass is 205 g/mol. The summed E-state index contributed by atoms with van der Waals surface area (Å²) in [5.41, 5.74) is 1.35. The van der Waals surface area contributed by atoms with Crippen LogP contribution in [0.3, 0.4) is 0 Å². The number of rotatable bonds is 2. The first kappa shape index (κ1) is 9.71. The van der Waals surface area contributed by atoms with Gasteiger partial charge >= 0.3 is 5.97 Å². The summed E-state index contributed by atoms with van der Waals surface area (Å²) in [4.78, 5) is 16.3. The summed E-state index contributed by atoms with van der Waals surface area (Å²) in [7, 11) is 1.33. The van der Waals surface area contributed by atoms with Crippen molar-refractivity contribution >= 4 is 11.7 Å². The average Bonchev–Trinajstić information content (AvgIpc) is 2.78. The van der Waals surface area contributed by atoms with Gasteiger partial charge in [0.2, 0.25) is 0 Å². The number of nitrogens with zero attached hydrogens (tertiary/aromatic N) is 1. The van der Waals surface area contributed by atoms with E-state index in [1.807, 2.05) is 30.3 Å². The molecule has 1 unspecified atom stereocenters. The van der Waals surface area contributed by atoms with E-state index in [1.54, 1.807) is 0 Å². The third-order valence-corrected chi connectivity index (χ3v) is 2.26. The van der Waals surface area contributed by atoms with E-state index in [4.69, 9.17) is 4.84 Å². The molecule has 1 aliphatic heterocycles. The lowest BCUT2D eigenvalue weighted by molar-refractivity contribution is -0.132. The maximum Gasteiger partial charge on any atom is 0.355 e. The number of hydrogen-bond donors (Lipinski definition) is 0. The van der Waals surface area contributed by atoms with Crippen molar-refractivity contribution in [3.05, 3.63) is 35.9 Å². The quantitative estimate of drug-likeness (QED) is 0.690. The van der Waals surface area contributed by atoms with Crippen LogP contribution in [-0.2, 0) is 14.4 Å². The molecule has 0 saturated heterocycles. The lowest BCUT2D eigenvalue weighted by Crippen LogP contribution is -2.14. The highest BCUT2D eigenvalue weighted by Crippen LogP contribution is 2.26. The van der Waals surface area contributed by atoms with Gasteiger partial charge in [0.25, 0.3) is 0 Å². The molecule has 0 aliphatic carbocycles. The highest BCUT2D eigenvalue weighted by molar-refractivity contribution is 6.36. The zero-order valence-corrected chi connectivity index (χ0v) is 8.34. The minimum absolute atomic E-state index is 0.166. The van der Waals surface area contributed by atoms with Gasteiger partial charge in [0.15, 0.2) is 11.8 Å². The molecule has 1 aliphatic rings. The number of hydrogen-bond acceptors (Lipinski definition) is 4. The van der Waals surface area contributed by atoms with E-state index in [-0.39, 0.29) is 6.10 Å². The summed E-state index contributed by atoms with van der Waals surface area (Å²) in [5.74, 6) is -0.423. The first-order valence-electron chi connectivity index (χ1n) is 4.67. The number of oxime groups is 1. The maximum absolute atomic E-state index is 11.2. The molecule has 0 radical (unpaired) electrons. The Labute approximate surface area is 87.5 Å². The van der Waals surface area contributed by atoms with Crippen LogP contribution < -0.4 is 0 Å². The molecule has 0 fully saturated rings. The number of methoxy groups -OCH3 is 1. The second-order valence-electron chi connectivity index (χ2n) is 3.24. The van der Waals surface area contributed by atoms with Crippen LogP contribution in [0.5, 0.6) is 0 Å². The van der Waals surface area contributed by atoms with E-state index in [1.165, 1.54) is 7.11 Å². The topological polar surface area (TPSA) is 47.9 Å². The van der Waals surface area contributed by atoms with Gasteiger partial charge in [0, 0.05) is 6.42 Å². The Balaban J connectivity index is 2.05. The molecule has 1 aromatic carbocycles. The zero-order chi connectivity index (χ0) is 10.7. The predicted molar refractivity (Wildman–Crippen MR) is 54.3 cm³/mol. The van der Waals surface area contributed by atoms with Crippen molar-refractivity contribution < 1.29 is 14.4 Å². The van der Waals surface area contributed by atoms with Crippen LogP contribution in [-0.4, -0.2) is 18.8 Å². The molecular weight excluding hydrogens is 194 g/mol. The van der Waals surface area contributed by atoms with Gasteiger partial charge in [-0.3, -0.25) is 0 Å². The highest BCUT2D eigenvalue weighted by Gasteiger charge is 2.27. The average molecular weight is 205 g/mol. The first-order valence-corrected chi connectivity index (χ1v) is 4.67. The van der Waals surface area contributed by atoms with Crippen LogP contribution in [0.1, 0.15) is 18.1 Å². The smallest absolute Gasteiger partial charge is 0.355 e. The molecule has 4 heteroatoms. The van der Waals surface area contributed by atoms with E-state index in [0.29, 0.717) is 12.1 Å². The summed E-state index contributed by atoms with van der Waals surface area (Å²) in [6, 6.07) is 9.67. The Morgan fingerprint density at radius 2 is 2.20 bits per heavy atom. The van der Waals surface area contributed by atoms with Gasteiger partial charge in [-0.15, -0.1) is 0 Å². The van der Waals surface area contributed by atoms with E-state index in [9.17, 15) is 4.79 Å². The Kier molecular flexibility index (Phi) is 2.67. The Bertz CT molecular complexity index is 386. The summed E-state index contributed by atoms with van der Waals surface area (Å²) >= 11 is 0. The molecule has 0 saturated carbocycles. The molecular formula is C11H11NO3. The van der Waals surface area contributed by atoms with E-state index in [0.717, 1.165) is 5.56 Å². The molecule has 1 aromatic rings. The normalized spacial score (nSPS) is 19.3. The first-order chi connectivity index (χ1) is 7.31. The number of carbonyl (C=O) groups is 1. The van der Waals surface area contributed by atoms with Gasteiger partial charge in [-0.05, 0) is 5.56 Å². The van der Waals surface area contributed by atoms with E-state index in [2.05, 4.69) is 9.89 Å². The van der Waals surface area contributed by atoms with Gasteiger partial charge < -0.3 is 9.57 Å². The van der Waals surface area contributed by atoms with Crippen molar-refractivity contribution in [3.8, 4) is 0 Å². The highest BCUT2D eigenvalue weighted by atomic mass is 16.6. The van der Waals surface area contributed by atoms with Gasteiger partial charge in [0.1, 0.15) is 0 Å². The van der Waals surface area contributed by atoms with Crippen LogP contribution in [0.15, 0.2) is 35.5 Å². The fourth-order valence-electron chi connectivity index (χ4n) is 1.46. The van der Waals surface area contributed by atoms with E-state index < -0.39 is 5.97 Å². The van der Waals surface area contributed by atoms with Gasteiger partial charge in [0.05, 0.1) is 7.11 Å². The molecule has 0 N–H and O–H groups in total. The van der Waals surface area contributed by atoms with Crippen LogP contribution in [0.4, 0.5) is 0 Å². The van der Waals surface area contributed by atoms with Crippen molar-refractivity contribution in [1.82, 2.24) is 0 Å². The van der Waals surface area contributed by atoms with Crippen molar-refractivity contribution in [3.63, 3.8) is 0 Å². The number of benzene rings is 1. The molecule has 15 heavy (non-hydrogen) atoms. The molecule has 0 amide bonds. The van der Waals surface area contributed by atoms with Crippen LogP contribution in [0.25, 0.3) is 0 Å². The fraction of sp³-hybridized carbons (Fsp3) is 0.273. The minimum atomic E-state index is -0.423. The Hall–Kier alpha value is -1.84. The second kappa shape index (κ2) is 4.13. The molecule has 78 valence electrons. The summed E-state index contributed by atoms with van der Waals surface area (Å²) in [6.07, 6.45) is 0.303. The van der Waals surface area contributed by atoms with Crippen LogP contribution in [0.2, 0.25) is 0 Å². The Morgan fingerprint density at radius 1 is 1.47 bits per heavy atom. The maximum atomic E-state index is 11.2. The molecule has 1 heterocycles. The van der Waals surface area contributed by atoms with Crippen molar-refractivity contribution in [1.29, 1.82) is 0 Å². The molecule has 4 nitrogen and oxygen atoms in total. The molecule has 0 bridgehead atoms. The van der Waals surface area contributed by atoms with Gasteiger partial charge in [-0.25, -0.2) is 4.79 Å². The molecule has 2 rings (SSSR count). The third kappa shape index (κ3) is 1.98. The molecule has 1 atom stereocenters. The lowest BCUT2D eigenvalue weighted by Gasteiger charge is -2.06. The SMILES string of the molecule is COC(=O)C1=NOC(c2ccccc2)C1. The standard InChI is InChI=1S/C11H11NO3/c1-14-11(13)9-7-10(15-12-9)8-5-3-2-4-6-8/h2-6,10H,7H2,1H3. The lowest BCUT2D eigenvalue weighted by atomic mass is 10.1. The second-order valence-corrected chi connectivity index (χ2v) is 3.24. The fourth-order valence-corrected chi connectivity index (χ4v) is 1.46. The zero-order valence-electron chi connectivity index (χ0n) is 8.34. The van der Waals surface area contributed by atoms with Crippen LogP contribution >= 0.6 is 0 Å². The Morgan fingerprint density at radius 3 is 2.87 bits per heavy atom. The largest absolute Gasteiger partial charge is 0.464 e.